The number of anilines is 2. The van der Waals surface area contributed by atoms with Gasteiger partial charge in [0.1, 0.15) is 0 Å². The summed E-state index contributed by atoms with van der Waals surface area (Å²) in [6.07, 6.45) is 0. The van der Waals surface area contributed by atoms with Gasteiger partial charge in [-0.15, -0.1) is 0 Å². The molecule has 0 aliphatic rings. The number of hydrogen-bond acceptors (Lipinski definition) is 1. The van der Waals surface area contributed by atoms with Crippen LogP contribution < -0.4 is 5.32 Å². The Hall–Kier alpha value is -2.06. The minimum absolute atomic E-state index is 1.08. The summed E-state index contributed by atoms with van der Waals surface area (Å²) in [5.41, 5.74) is 4.64. The van der Waals surface area contributed by atoms with Crippen LogP contribution >= 0.6 is 15.9 Å². The molecule has 3 aromatic carbocycles. The number of halogens is 1. The quantitative estimate of drug-likeness (QED) is 0.636. The normalized spacial score (nSPS) is 10.2. The van der Waals surface area contributed by atoms with Crippen molar-refractivity contribution < 1.29 is 0 Å². The lowest BCUT2D eigenvalue weighted by atomic mass is 10.1. The summed E-state index contributed by atoms with van der Waals surface area (Å²) in [6.45, 7) is 0. The lowest BCUT2D eigenvalue weighted by Gasteiger charge is -2.08. The van der Waals surface area contributed by atoms with Gasteiger partial charge in [0.2, 0.25) is 0 Å². The molecule has 3 rings (SSSR count). The zero-order valence-corrected chi connectivity index (χ0v) is 12.5. The van der Waals surface area contributed by atoms with Gasteiger partial charge in [0.15, 0.2) is 0 Å². The van der Waals surface area contributed by atoms with Gasteiger partial charge in [-0.05, 0) is 47.5 Å². The fourth-order valence-corrected chi connectivity index (χ4v) is 2.34. The Morgan fingerprint density at radius 2 is 1.05 bits per heavy atom. The molecule has 20 heavy (non-hydrogen) atoms. The van der Waals surface area contributed by atoms with E-state index < -0.39 is 0 Å². The van der Waals surface area contributed by atoms with Crippen LogP contribution in [-0.4, -0.2) is 0 Å². The Labute approximate surface area is 127 Å². The number of benzene rings is 3. The smallest absolute Gasteiger partial charge is 0.0384 e. The minimum atomic E-state index is 1.08. The standard InChI is InChI=1S/C18H14BrN/c19-16-8-12-18(13-9-16)20-17-10-6-15(7-11-17)14-4-2-1-3-5-14/h1-13,20H. The second-order valence-corrected chi connectivity index (χ2v) is 5.49. The molecule has 0 aliphatic carbocycles. The van der Waals surface area contributed by atoms with Crippen LogP contribution in [0.4, 0.5) is 11.4 Å². The van der Waals surface area contributed by atoms with E-state index in [1.165, 1.54) is 11.1 Å². The average Bonchev–Trinajstić information content (AvgIpc) is 2.51. The van der Waals surface area contributed by atoms with Gasteiger partial charge >= 0.3 is 0 Å². The van der Waals surface area contributed by atoms with Crippen LogP contribution in [0.3, 0.4) is 0 Å². The average molecular weight is 324 g/mol. The van der Waals surface area contributed by atoms with E-state index in [1.807, 2.05) is 18.2 Å². The second kappa shape index (κ2) is 5.93. The highest BCUT2D eigenvalue weighted by atomic mass is 79.9. The van der Waals surface area contributed by atoms with Crippen molar-refractivity contribution in [3.8, 4) is 11.1 Å². The van der Waals surface area contributed by atoms with Gasteiger partial charge in [-0.2, -0.15) is 0 Å². The summed E-state index contributed by atoms with van der Waals surface area (Å²) in [6, 6.07) is 27.0. The summed E-state index contributed by atoms with van der Waals surface area (Å²) >= 11 is 3.44. The number of hydrogen-bond donors (Lipinski definition) is 1. The molecule has 0 saturated carbocycles. The van der Waals surface area contributed by atoms with Crippen molar-refractivity contribution in [3.63, 3.8) is 0 Å². The van der Waals surface area contributed by atoms with Crippen molar-refractivity contribution in [1.29, 1.82) is 0 Å². The fourth-order valence-electron chi connectivity index (χ4n) is 2.08. The molecule has 0 bridgehead atoms. The van der Waals surface area contributed by atoms with E-state index in [1.54, 1.807) is 0 Å². The Morgan fingerprint density at radius 1 is 0.550 bits per heavy atom. The maximum absolute atomic E-state index is 3.44. The van der Waals surface area contributed by atoms with Crippen molar-refractivity contribution in [2.45, 2.75) is 0 Å². The first-order valence-corrected chi connectivity index (χ1v) is 7.29. The highest BCUT2D eigenvalue weighted by Gasteiger charge is 1.98. The highest BCUT2D eigenvalue weighted by molar-refractivity contribution is 9.10. The van der Waals surface area contributed by atoms with E-state index in [0.717, 1.165) is 15.8 Å². The van der Waals surface area contributed by atoms with Gasteiger partial charge in [0.25, 0.3) is 0 Å². The zero-order chi connectivity index (χ0) is 13.8. The Morgan fingerprint density at radius 3 is 1.65 bits per heavy atom. The van der Waals surface area contributed by atoms with Crippen molar-refractivity contribution in [2.75, 3.05) is 5.32 Å². The van der Waals surface area contributed by atoms with Crippen LogP contribution in [-0.2, 0) is 0 Å². The van der Waals surface area contributed by atoms with Crippen LogP contribution in [0.5, 0.6) is 0 Å². The molecule has 0 fully saturated rings. The molecule has 98 valence electrons. The van der Waals surface area contributed by atoms with Crippen LogP contribution in [0.25, 0.3) is 11.1 Å². The lowest BCUT2D eigenvalue weighted by Crippen LogP contribution is -1.89. The van der Waals surface area contributed by atoms with Crippen molar-refractivity contribution in [3.05, 3.63) is 83.3 Å². The second-order valence-electron chi connectivity index (χ2n) is 4.58. The summed E-state index contributed by atoms with van der Waals surface area (Å²) < 4.78 is 1.09. The van der Waals surface area contributed by atoms with Crippen LogP contribution in [0.1, 0.15) is 0 Å². The molecule has 3 aromatic rings. The van der Waals surface area contributed by atoms with Crippen LogP contribution in [0.2, 0.25) is 0 Å². The summed E-state index contributed by atoms with van der Waals surface area (Å²) in [5.74, 6) is 0. The summed E-state index contributed by atoms with van der Waals surface area (Å²) in [7, 11) is 0. The van der Waals surface area contributed by atoms with E-state index in [9.17, 15) is 0 Å². The predicted octanol–water partition coefficient (Wildman–Crippen LogP) is 5.86. The van der Waals surface area contributed by atoms with Crippen molar-refractivity contribution in [1.82, 2.24) is 0 Å². The van der Waals surface area contributed by atoms with E-state index in [2.05, 4.69) is 81.9 Å². The van der Waals surface area contributed by atoms with Crippen molar-refractivity contribution >= 4 is 27.3 Å². The molecule has 0 unspecified atom stereocenters. The highest BCUT2D eigenvalue weighted by Crippen LogP contribution is 2.23. The molecule has 0 heterocycles. The third-order valence-corrected chi connectivity index (χ3v) is 3.65. The maximum atomic E-state index is 3.44. The number of nitrogens with one attached hydrogen (secondary N) is 1. The van der Waals surface area contributed by atoms with E-state index >= 15 is 0 Å². The third-order valence-electron chi connectivity index (χ3n) is 3.12. The Bertz CT molecular complexity index is 673. The Balaban J connectivity index is 1.78. The zero-order valence-electron chi connectivity index (χ0n) is 10.9. The Kier molecular flexibility index (Phi) is 3.84. The molecule has 0 amide bonds. The molecule has 0 radical (unpaired) electrons. The first-order chi connectivity index (χ1) is 9.81. The number of rotatable bonds is 3. The monoisotopic (exact) mass is 323 g/mol. The topological polar surface area (TPSA) is 12.0 Å². The largest absolute Gasteiger partial charge is 0.356 e. The van der Waals surface area contributed by atoms with E-state index in [4.69, 9.17) is 0 Å². The lowest BCUT2D eigenvalue weighted by molar-refractivity contribution is 1.53. The molecule has 0 saturated heterocycles. The molecule has 2 heteroatoms. The minimum Gasteiger partial charge on any atom is -0.356 e. The van der Waals surface area contributed by atoms with Gasteiger partial charge in [-0.25, -0.2) is 0 Å². The molecular formula is C18H14BrN. The predicted molar refractivity (Wildman–Crippen MR) is 89.3 cm³/mol. The molecule has 1 N–H and O–H groups in total. The first kappa shape index (κ1) is 12.9. The van der Waals surface area contributed by atoms with Gasteiger partial charge < -0.3 is 5.32 Å². The molecule has 1 nitrogen and oxygen atoms in total. The molecule has 0 spiro atoms. The van der Waals surface area contributed by atoms with E-state index in [-0.39, 0.29) is 0 Å². The molecule has 0 aromatic heterocycles. The molecular weight excluding hydrogens is 310 g/mol. The van der Waals surface area contributed by atoms with E-state index in [0.29, 0.717) is 0 Å². The summed E-state index contributed by atoms with van der Waals surface area (Å²) in [4.78, 5) is 0. The first-order valence-electron chi connectivity index (χ1n) is 6.49. The van der Waals surface area contributed by atoms with Crippen molar-refractivity contribution in [2.24, 2.45) is 0 Å². The van der Waals surface area contributed by atoms with Gasteiger partial charge in [0, 0.05) is 15.8 Å². The van der Waals surface area contributed by atoms with Gasteiger partial charge in [-0.3, -0.25) is 0 Å². The maximum Gasteiger partial charge on any atom is 0.0384 e. The summed E-state index contributed by atoms with van der Waals surface area (Å²) in [5, 5.41) is 3.39. The third kappa shape index (κ3) is 3.09. The van der Waals surface area contributed by atoms with Crippen LogP contribution in [0.15, 0.2) is 83.3 Å². The van der Waals surface area contributed by atoms with Gasteiger partial charge in [-0.1, -0.05) is 58.4 Å². The van der Waals surface area contributed by atoms with Crippen LogP contribution in [0, 0.1) is 0 Å². The molecule has 0 aliphatic heterocycles. The SMILES string of the molecule is Brc1ccc(Nc2ccc(-c3ccccc3)cc2)cc1. The fraction of sp³-hybridized carbons (Fsp3) is 0. The van der Waals surface area contributed by atoms with Gasteiger partial charge in [0.05, 0.1) is 0 Å². The molecule has 0 atom stereocenters.